The lowest BCUT2D eigenvalue weighted by molar-refractivity contribution is -0.385. The molecule has 0 radical (unpaired) electrons. The summed E-state index contributed by atoms with van der Waals surface area (Å²) >= 11 is 0. The van der Waals surface area contributed by atoms with E-state index in [0.717, 1.165) is 0 Å². The number of ether oxygens (including phenoxy) is 1. The minimum atomic E-state index is -1.29. The molecule has 0 fully saturated rings. The monoisotopic (exact) mass is 254 g/mol. The lowest BCUT2D eigenvalue weighted by Crippen LogP contribution is -2.40. The third-order valence-electron chi connectivity index (χ3n) is 2.03. The van der Waals surface area contributed by atoms with E-state index in [-0.39, 0.29) is 17.8 Å². The number of carbonyl (C=O) groups is 2. The van der Waals surface area contributed by atoms with Crippen LogP contribution in [0.3, 0.4) is 0 Å². The van der Waals surface area contributed by atoms with Gasteiger partial charge in [-0.2, -0.15) is 0 Å². The number of carbonyl (C=O) groups excluding carboxylic acids is 1. The van der Waals surface area contributed by atoms with Gasteiger partial charge in [-0.1, -0.05) is 12.1 Å². The van der Waals surface area contributed by atoms with Gasteiger partial charge in [0.2, 0.25) is 6.41 Å². The summed E-state index contributed by atoms with van der Waals surface area (Å²) in [6, 6.07) is 4.30. The van der Waals surface area contributed by atoms with Crippen LogP contribution in [0.1, 0.15) is 0 Å². The largest absolute Gasteiger partial charge is 0.484 e. The first kappa shape index (κ1) is 13.4. The Morgan fingerprint density at radius 2 is 2.22 bits per heavy atom. The molecule has 96 valence electrons. The average molecular weight is 254 g/mol. The van der Waals surface area contributed by atoms with Gasteiger partial charge < -0.3 is 15.2 Å². The molecule has 0 aliphatic carbocycles. The Kier molecular flexibility index (Phi) is 4.61. The van der Waals surface area contributed by atoms with Gasteiger partial charge in [0.25, 0.3) is 0 Å². The fraction of sp³-hybridized carbons (Fsp3) is 0.200. The van der Waals surface area contributed by atoms with Crippen molar-refractivity contribution < 1.29 is 24.4 Å². The summed E-state index contributed by atoms with van der Waals surface area (Å²) < 4.78 is 5.03. The SMILES string of the molecule is O=CN[C@@H](COc1ccccc1[N+](=O)[O-])C(=O)O. The zero-order chi connectivity index (χ0) is 13.5. The second kappa shape index (κ2) is 6.18. The zero-order valence-corrected chi connectivity index (χ0v) is 9.11. The highest BCUT2D eigenvalue weighted by Gasteiger charge is 2.20. The Labute approximate surface area is 101 Å². The summed E-state index contributed by atoms with van der Waals surface area (Å²) in [4.78, 5) is 30.9. The molecule has 1 atom stereocenters. The minimum Gasteiger partial charge on any atom is -0.484 e. The van der Waals surface area contributed by atoms with Gasteiger partial charge in [0.05, 0.1) is 4.92 Å². The van der Waals surface area contributed by atoms with Crippen molar-refractivity contribution in [2.24, 2.45) is 0 Å². The Bertz CT molecular complexity index is 461. The molecule has 0 saturated heterocycles. The first-order valence-corrected chi connectivity index (χ1v) is 4.85. The van der Waals surface area contributed by atoms with Crippen molar-refractivity contribution in [3.8, 4) is 5.75 Å². The van der Waals surface area contributed by atoms with E-state index in [1.165, 1.54) is 24.3 Å². The average Bonchev–Trinajstić information content (AvgIpc) is 2.34. The van der Waals surface area contributed by atoms with E-state index >= 15 is 0 Å². The van der Waals surface area contributed by atoms with Crippen molar-refractivity contribution in [2.45, 2.75) is 6.04 Å². The van der Waals surface area contributed by atoms with Crippen LogP contribution < -0.4 is 10.1 Å². The highest BCUT2D eigenvalue weighted by molar-refractivity contribution is 5.76. The Morgan fingerprint density at radius 3 is 2.78 bits per heavy atom. The number of benzene rings is 1. The molecule has 0 aromatic heterocycles. The first-order valence-electron chi connectivity index (χ1n) is 4.85. The van der Waals surface area contributed by atoms with Crippen molar-refractivity contribution in [3.63, 3.8) is 0 Å². The second-order valence-corrected chi connectivity index (χ2v) is 3.21. The highest BCUT2D eigenvalue weighted by Crippen LogP contribution is 2.25. The number of carboxylic acids is 1. The van der Waals surface area contributed by atoms with Crippen molar-refractivity contribution in [3.05, 3.63) is 34.4 Å². The Morgan fingerprint density at radius 1 is 1.56 bits per heavy atom. The number of amides is 1. The summed E-state index contributed by atoms with van der Waals surface area (Å²) in [5.41, 5.74) is -0.271. The number of para-hydroxylation sites is 2. The molecule has 0 bridgehead atoms. The van der Waals surface area contributed by atoms with Crippen LogP contribution in [-0.4, -0.2) is 35.1 Å². The van der Waals surface area contributed by atoms with Gasteiger partial charge in [-0.25, -0.2) is 4.79 Å². The van der Waals surface area contributed by atoms with E-state index in [4.69, 9.17) is 9.84 Å². The van der Waals surface area contributed by atoms with E-state index in [9.17, 15) is 19.7 Å². The molecule has 0 unspecified atom stereocenters. The molecule has 1 rings (SSSR count). The molecule has 8 nitrogen and oxygen atoms in total. The summed E-state index contributed by atoms with van der Waals surface area (Å²) in [6.07, 6.45) is 0.224. The van der Waals surface area contributed by atoms with Gasteiger partial charge in [0, 0.05) is 6.07 Å². The van der Waals surface area contributed by atoms with Crippen molar-refractivity contribution in [1.82, 2.24) is 5.32 Å². The molecular weight excluding hydrogens is 244 g/mol. The maximum Gasteiger partial charge on any atom is 0.329 e. The first-order chi connectivity index (χ1) is 8.56. The van der Waals surface area contributed by atoms with Gasteiger partial charge >= 0.3 is 11.7 Å². The highest BCUT2D eigenvalue weighted by atomic mass is 16.6. The standard InChI is InChI=1S/C10H10N2O6/c13-6-11-7(10(14)15)5-18-9-4-2-1-3-8(9)12(16)17/h1-4,6-7H,5H2,(H,11,13)(H,14,15)/t7-/m0/s1. The third-order valence-corrected chi connectivity index (χ3v) is 2.03. The van der Waals surface area contributed by atoms with Crippen LogP contribution in [0.4, 0.5) is 5.69 Å². The Hall–Kier alpha value is -2.64. The van der Waals surface area contributed by atoms with E-state index in [2.05, 4.69) is 0 Å². The smallest absolute Gasteiger partial charge is 0.329 e. The van der Waals surface area contributed by atoms with E-state index in [1.54, 1.807) is 0 Å². The lowest BCUT2D eigenvalue weighted by atomic mass is 10.3. The van der Waals surface area contributed by atoms with Gasteiger partial charge in [0.15, 0.2) is 11.8 Å². The van der Waals surface area contributed by atoms with E-state index in [0.29, 0.717) is 0 Å². The lowest BCUT2D eigenvalue weighted by Gasteiger charge is -2.12. The number of rotatable bonds is 7. The molecule has 0 saturated carbocycles. The number of hydrogen-bond donors (Lipinski definition) is 2. The predicted octanol–water partition coefficient (Wildman–Crippen LogP) is 0.173. The molecular formula is C10H10N2O6. The molecule has 8 heteroatoms. The van der Waals surface area contributed by atoms with Crippen LogP contribution in [0.2, 0.25) is 0 Å². The molecule has 18 heavy (non-hydrogen) atoms. The summed E-state index contributed by atoms with van der Waals surface area (Å²) in [6.45, 7) is -0.404. The number of nitrogens with zero attached hydrogens (tertiary/aromatic N) is 1. The molecule has 0 spiro atoms. The minimum absolute atomic E-state index is 0.0542. The van der Waals surface area contributed by atoms with Gasteiger partial charge in [-0.05, 0) is 6.07 Å². The van der Waals surface area contributed by atoms with Crippen molar-refractivity contribution >= 4 is 18.1 Å². The normalized spacial score (nSPS) is 11.3. The van der Waals surface area contributed by atoms with Crippen LogP contribution >= 0.6 is 0 Å². The maximum absolute atomic E-state index is 10.7. The van der Waals surface area contributed by atoms with Crippen LogP contribution in [0.5, 0.6) is 5.75 Å². The van der Waals surface area contributed by atoms with Gasteiger partial charge in [0.1, 0.15) is 6.61 Å². The molecule has 1 amide bonds. The van der Waals surface area contributed by atoms with Crippen molar-refractivity contribution in [2.75, 3.05) is 6.61 Å². The van der Waals surface area contributed by atoms with Crippen LogP contribution in [0.25, 0.3) is 0 Å². The molecule has 1 aromatic rings. The third kappa shape index (κ3) is 3.44. The van der Waals surface area contributed by atoms with Crippen molar-refractivity contribution in [1.29, 1.82) is 0 Å². The number of nitrogens with one attached hydrogen (secondary N) is 1. The van der Waals surface area contributed by atoms with Crippen LogP contribution in [0.15, 0.2) is 24.3 Å². The number of carboxylic acid groups (broad SMARTS) is 1. The van der Waals surface area contributed by atoms with Crippen LogP contribution in [0, 0.1) is 10.1 Å². The predicted molar refractivity (Wildman–Crippen MR) is 59.2 cm³/mol. The van der Waals surface area contributed by atoms with E-state index < -0.39 is 23.5 Å². The maximum atomic E-state index is 10.7. The van der Waals surface area contributed by atoms with Crippen LogP contribution in [-0.2, 0) is 9.59 Å². The number of hydrogen-bond acceptors (Lipinski definition) is 5. The van der Waals surface area contributed by atoms with E-state index in [1.807, 2.05) is 5.32 Å². The fourth-order valence-electron chi connectivity index (χ4n) is 1.18. The van der Waals surface area contributed by atoms with Gasteiger partial charge in [-0.3, -0.25) is 14.9 Å². The molecule has 0 aliphatic rings. The number of nitro groups is 1. The second-order valence-electron chi connectivity index (χ2n) is 3.21. The molecule has 0 aliphatic heterocycles. The topological polar surface area (TPSA) is 119 Å². The molecule has 0 heterocycles. The summed E-state index contributed by atoms with van der Waals surface area (Å²) in [5, 5.41) is 21.4. The van der Waals surface area contributed by atoms with Gasteiger partial charge in [-0.15, -0.1) is 0 Å². The Balaban J connectivity index is 2.76. The molecule has 1 aromatic carbocycles. The number of nitro benzene ring substituents is 1. The zero-order valence-electron chi connectivity index (χ0n) is 9.11. The quantitative estimate of drug-likeness (QED) is 0.406. The summed E-state index contributed by atoms with van der Waals surface area (Å²) in [7, 11) is 0. The fourth-order valence-corrected chi connectivity index (χ4v) is 1.18. The number of aliphatic carboxylic acids is 1. The summed E-state index contributed by atoms with van der Waals surface area (Å²) in [5.74, 6) is -1.35. The molecule has 2 N–H and O–H groups in total.